The third-order valence-corrected chi connectivity index (χ3v) is 1.66. The first-order valence-corrected chi connectivity index (χ1v) is 3.15. The number of rotatable bonds is 3. The predicted octanol–water partition coefficient (Wildman–Crippen LogP) is 2.24. The lowest BCUT2D eigenvalue weighted by molar-refractivity contribution is 0.126. The molecule has 1 nitrogen and oxygen atoms in total. The van der Waals surface area contributed by atoms with Crippen molar-refractivity contribution in [3.8, 4) is 0 Å². The van der Waals surface area contributed by atoms with Crippen molar-refractivity contribution in [1.29, 1.82) is 0 Å². The zero-order valence-corrected chi connectivity index (χ0v) is 6.82. The van der Waals surface area contributed by atoms with Gasteiger partial charge in [0.15, 0.2) is 0 Å². The smallest absolute Gasteiger partial charge is 0.0550 e. The van der Waals surface area contributed by atoms with Crippen LogP contribution in [0.15, 0.2) is 12.2 Å². The highest BCUT2D eigenvalue weighted by Gasteiger charge is 2.17. The average Bonchev–Trinajstić information content (AvgIpc) is 1.65. The van der Waals surface area contributed by atoms with Crippen LogP contribution >= 0.6 is 0 Å². The third-order valence-electron chi connectivity index (χ3n) is 1.66. The molecular formula is C8H16O. The summed E-state index contributed by atoms with van der Waals surface area (Å²) in [5.74, 6) is 0. The minimum atomic E-state index is 0.134. The van der Waals surface area contributed by atoms with Crippen LogP contribution in [0, 0.1) is 5.41 Å². The summed E-state index contributed by atoms with van der Waals surface area (Å²) in [6, 6.07) is 0. The highest BCUT2D eigenvalue weighted by molar-refractivity contribution is 5.02. The molecule has 0 saturated carbocycles. The summed E-state index contributed by atoms with van der Waals surface area (Å²) < 4.78 is 5.01. The molecule has 0 unspecified atom stereocenters. The normalized spacial score (nSPS) is 11.6. The van der Waals surface area contributed by atoms with Crippen molar-refractivity contribution in [2.24, 2.45) is 5.41 Å². The van der Waals surface area contributed by atoms with Crippen molar-refractivity contribution < 1.29 is 4.74 Å². The van der Waals surface area contributed by atoms with E-state index in [0.29, 0.717) is 0 Å². The SMILES string of the molecule is C=C(C)C(C)(C)COC. The lowest BCUT2D eigenvalue weighted by atomic mass is 9.87. The molecule has 54 valence electrons. The van der Waals surface area contributed by atoms with Crippen LogP contribution in [-0.2, 0) is 4.74 Å². The molecule has 0 bridgehead atoms. The first kappa shape index (κ1) is 8.70. The summed E-state index contributed by atoms with van der Waals surface area (Å²) in [6.45, 7) is 10.9. The predicted molar refractivity (Wildman–Crippen MR) is 40.5 cm³/mol. The van der Waals surface area contributed by atoms with Crippen molar-refractivity contribution >= 4 is 0 Å². The Morgan fingerprint density at radius 3 is 2.11 bits per heavy atom. The van der Waals surface area contributed by atoms with E-state index in [0.717, 1.165) is 6.61 Å². The van der Waals surface area contributed by atoms with Gasteiger partial charge in [-0.05, 0) is 6.92 Å². The van der Waals surface area contributed by atoms with Gasteiger partial charge < -0.3 is 4.74 Å². The molecule has 0 rings (SSSR count). The van der Waals surface area contributed by atoms with Crippen molar-refractivity contribution in [3.05, 3.63) is 12.2 Å². The van der Waals surface area contributed by atoms with Gasteiger partial charge in [0, 0.05) is 12.5 Å². The van der Waals surface area contributed by atoms with E-state index in [1.54, 1.807) is 7.11 Å². The maximum absolute atomic E-state index is 5.01. The Morgan fingerprint density at radius 1 is 1.56 bits per heavy atom. The van der Waals surface area contributed by atoms with Gasteiger partial charge in [-0.25, -0.2) is 0 Å². The average molecular weight is 128 g/mol. The van der Waals surface area contributed by atoms with Crippen molar-refractivity contribution in [1.82, 2.24) is 0 Å². The molecule has 0 atom stereocenters. The van der Waals surface area contributed by atoms with Crippen LogP contribution in [0.25, 0.3) is 0 Å². The van der Waals surface area contributed by atoms with E-state index in [1.807, 2.05) is 6.92 Å². The Balaban J connectivity index is 3.85. The van der Waals surface area contributed by atoms with E-state index >= 15 is 0 Å². The van der Waals surface area contributed by atoms with Crippen LogP contribution in [-0.4, -0.2) is 13.7 Å². The second-order valence-corrected chi connectivity index (χ2v) is 3.10. The number of methoxy groups -OCH3 is 1. The van der Waals surface area contributed by atoms with Gasteiger partial charge >= 0.3 is 0 Å². The van der Waals surface area contributed by atoms with Gasteiger partial charge in [-0.15, -0.1) is 0 Å². The molecule has 1 heteroatoms. The van der Waals surface area contributed by atoms with Crippen LogP contribution in [0.1, 0.15) is 20.8 Å². The van der Waals surface area contributed by atoms with Crippen molar-refractivity contribution in [2.45, 2.75) is 20.8 Å². The fourth-order valence-electron chi connectivity index (χ4n) is 0.484. The summed E-state index contributed by atoms with van der Waals surface area (Å²) in [5.41, 5.74) is 1.30. The molecule has 0 amide bonds. The first-order valence-electron chi connectivity index (χ1n) is 3.15. The molecule has 0 spiro atoms. The molecule has 0 aromatic carbocycles. The maximum atomic E-state index is 5.01. The monoisotopic (exact) mass is 128 g/mol. The standard InChI is InChI=1S/C8H16O/c1-7(2)8(3,4)6-9-5/h1,6H2,2-5H3. The Bertz CT molecular complexity index is 103. The fourth-order valence-corrected chi connectivity index (χ4v) is 0.484. The molecule has 9 heavy (non-hydrogen) atoms. The number of hydrogen-bond donors (Lipinski definition) is 0. The molecule has 0 saturated heterocycles. The highest BCUT2D eigenvalue weighted by Crippen LogP contribution is 2.23. The number of hydrogen-bond acceptors (Lipinski definition) is 1. The Labute approximate surface area is 57.7 Å². The minimum Gasteiger partial charge on any atom is -0.384 e. The lowest BCUT2D eigenvalue weighted by Crippen LogP contribution is -2.18. The second-order valence-electron chi connectivity index (χ2n) is 3.10. The van der Waals surface area contributed by atoms with Gasteiger partial charge in [-0.3, -0.25) is 0 Å². The van der Waals surface area contributed by atoms with E-state index < -0.39 is 0 Å². The maximum Gasteiger partial charge on any atom is 0.0550 e. The van der Waals surface area contributed by atoms with Crippen LogP contribution in [0.5, 0.6) is 0 Å². The molecule has 0 fully saturated rings. The Kier molecular flexibility index (Phi) is 2.92. The molecule has 0 heterocycles. The molecular weight excluding hydrogens is 112 g/mol. The largest absolute Gasteiger partial charge is 0.384 e. The van der Waals surface area contributed by atoms with E-state index in [2.05, 4.69) is 20.4 Å². The van der Waals surface area contributed by atoms with Gasteiger partial charge in [0.05, 0.1) is 6.61 Å². The van der Waals surface area contributed by atoms with E-state index in [-0.39, 0.29) is 5.41 Å². The molecule has 0 aliphatic rings. The Hall–Kier alpha value is -0.300. The molecule has 0 radical (unpaired) electrons. The van der Waals surface area contributed by atoms with Crippen LogP contribution in [0.4, 0.5) is 0 Å². The first-order chi connectivity index (χ1) is 4.00. The zero-order valence-electron chi connectivity index (χ0n) is 6.82. The zero-order chi connectivity index (χ0) is 7.49. The summed E-state index contributed by atoms with van der Waals surface area (Å²) >= 11 is 0. The second kappa shape index (κ2) is 3.02. The van der Waals surface area contributed by atoms with Crippen molar-refractivity contribution in [3.63, 3.8) is 0 Å². The van der Waals surface area contributed by atoms with Crippen LogP contribution in [0.3, 0.4) is 0 Å². The van der Waals surface area contributed by atoms with Gasteiger partial charge in [0.25, 0.3) is 0 Å². The topological polar surface area (TPSA) is 9.23 Å². The number of ether oxygens (including phenoxy) is 1. The molecule has 0 N–H and O–H groups in total. The fraction of sp³-hybridized carbons (Fsp3) is 0.750. The molecule has 0 aromatic rings. The summed E-state index contributed by atoms with van der Waals surface area (Å²) in [6.07, 6.45) is 0. The summed E-state index contributed by atoms with van der Waals surface area (Å²) in [4.78, 5) is 0. The molecule has 0 aliphatic heterocycles. The lowest BCUT2D eigenvalue weighted by Gasteiger charge is -2.23. The van der Waals surface area contributed by atoms with E-state index in [4.69, 9.17) is 4.74 Å². The highest BCUT2D eigenvalue weighted by atomic mass is 16.5. The molecule has 0 aliphatic carbocycles. The van der Waals surface area contributed by atoms with Gasteiger partial charge in [-0.1, -0.05) is 26.0 Å². The van der Waals surface area contributed by atoms with Crippen LogP contribution < -0.4 is 0 Å². The quantitative estimate of drug-likeness (QED) is 0.530. The molecule has 0 aromatic heterocycles. The minimum absolute atomic E-state index is 0.134. The third kappa shape index (κ3) is 2.66. The Morgan fingerprint density at radius 2 is 2.00 bits per heavy atom. The van der Waals surface area contributed by atoms with Gasteiger partial charge in [0.2, 0.25) is 0 Å². The van der Waals surface area contributed by atoms with E-state index in [1.165, 1.54) is 5.57 Å². The van der Waals surface area contributed by atoms with Gasteiger partial charge in [0.1, 0.15) is 0 Å². The van der Waals surface area contributed by atoms with Gasteiger partial charge in [-0.2, -0.15) is 0 Å². The van der Waals surface area contributed by atoms with Crippen LogP contribution in [0.2, 0.25) is 0 Å². The summed E-state index contributed by atoms with van der Waals surface area (Å²) in [7, 11) is 1.71. The van der Waals surface area contributed by atoms with Crippen molar-refractivity contribution in [2.75, 3.05) is 13.7 Å². The van der Waals surface area contributed by atoms with E-state index in [9.17, 15) is 0 Å². The summed E-state index contributed by atoms with van der Waals surface area (Å²) in [5, 5.41) is 0.